The highest BCUT2D eigenvalue weighted by Crippen LogP contribution is 2.36. The second-order valence-electron chi connectivity index (χ2n) is 8.58. The third-order valence-corrected chi connectivity index (χ3v) is 6.19. The molecule has 0 saturated heterocycles. The SMILES string of the molecule is CCCCCCCc1ccc(OC(=O)c2cc(N)c3c(c2N)C(=O)c2ccccc2C3=O)cc1. The Labute approximate surface area is 198 Å². The fourth-order valence-corrected chi connectivity index (χ4v) is 4.34. The van der Waals surface area contributed by atoms with Crippen LogP contribution in [0.15, 0.2) is 54.6 Å². The van der Waals surface area contributed by atoms with Crippen molar-refractivity contribution in [3.05, 3.63) is 88.0 Å². The van der Waals surface area contributed by atoms with Crippen molar-refractivity contribution in [1.82, 2.24) is 0 Å². The van der Waals surface area contributed by atoms with Gasteiger partial charge in [0, 0.05) is 16.8 Å². The second-order valence-corrected chi connectivity index (χ2v) is 8.58. The van der Waals surface area contributed by atoms with Crippen LogP contribution in [0.5, 0.6) is 5.75 Å². The number of hydrogen-bond donors (Lipinski definition) is 2. The zero-order chi connectivity index (χ0) is 24.2. The lowest BCUT2D eigenvalue weighted by Crippen LogP contribution is -2.26. The van der Waals surface area contributed by atoms with Gasteiger partial charge in [0.1, 0.15) is 5.75 Å². The number of carbonyl (C=O) groups excluding carboxylic acids is 3. The highest BCUT2D eigenvalue weighted by molar-refractivity contribution is 6.32. The highest BCUT2D eigenvalue weighted by atomic mass is 16.5. The van der Waals surface area contributed by atoms with Crippen molar-refractivity contribution in [2.24, 2.45) is 0 Å². The largest absolute Gasteiger partial charge is 0.423 e. The standard InChI is InChI=1S/C28H28N2O4/c1-2-3-4-5-6-9-17-12-14-18(15-13-17)34-28(33)21-16-22(29)23-24(25(21)30)27(32)20-11-8-7-10-19(20)26(23)31/h7-8,10-16H,2-6,9,29-30H2,1H3. The summed E-state index contributed by atoms with van der Waals surface area (Å²) in [7, 11) is 0. The lowest BCUT2D eigenvalue weighted by Gasteiger charge is -2.21. The van der Waals surface area contributed by atoms with Crippen LogP contribution in [0.2, 0.25) is 0 Å². The zero-order valence-corrected chi connectivity index (χ0v) is 19.2. The molecule has 174 valence electrons. The number of nitrogens with two attached hydrogens (primary N) is 2. The minimum atomic E-state index is -0.738. The number of carbonyl (C=O) groups is 3. The van der Waals surface area contributed by atoms with Crippen LogP contribution in [-0.2, 0) is 6.42 Å². The van der Waals surface area contributed by atoms with E-state index in [0.717, 1.165) is 12.8 Å². The lowest BCUT2D eigenvalue weighted by atomic mass is 9.81. The van der Waals surface area contributed by atoms with Gasteiger partial charge >= 0.3 is 5.97 Å². The molecule has 1 aliphatic rings. The average Bonchev–Trinajstić information content (AvgIpc) is 2.84. The summed E-state index contributed by atoms with van der Waals surface area (Å²) >= 11 is 0. The van der Waals surface area contributed by atoms with Crippen LogP contribution >= 0.6 is 0 Å². The topological polar surface area (TPSA) is 112 Å². The van der Waals surface area contributed by atoms with Gasteiger partial charge in [-0.3, -0.25) is 9.59 Å². The maximum absolute atomic E-state index is 13.1. The normalized spacial score (nSPS) is 12.3. The van der Waals surface area contributed by atoms with E-state index in [4.69, 9.17) is 16.2 Å². The van der Waals surface area contributed by atoms with Crippen LogP contribution in [0.25, 0.3) is 0 Å². The van der Waals surface area contributed by atoms with Gasteiger partial charge in [-0.1, -0.05) is 69.0 Å². The molecule has 0 bridgehead atoms. The molecular weight excluding hydrogens is 428 g/mol. The minimum Gasteiger partial charge on any atom is -0.423 e. The number of ketones is 2. The van der Waals surface area contributed by atoms with E-state index in [9.17, 15) is 14.4 Å². The summed E-state index contributed by atoms with van der Waals surface area (Å²) in [5.74, 6) is -1.20. The molecule has 3 aromatic rings. The molecule has 0 atom stereocenters. The fourth-order valence-electron chi connectivity index (χ4n) is 4.34. The van der Waals surface area contributed by atoms with Gasteiger partial charge in [0.2, 0.25) is 0 Å². The van der Waals surface area contributed by atoms with Crippen molar-refractivity contribution in [2.75, 3.05) is 11.5 Å². The number of unbranched alkanes of at least 4 members (excludes halogenated alkanes) is 4. The zero-order valence-electron chi connectivity index (χ0n) is 19.2. The molecule has 0 amide bonds. The van der Waals surface area contributed by atoms with E-state index < -0.39 is 11.8 Å². The molecular formula is C28H28N2O4. The predicted molar refractivity (Wildman–Crippen MR) is 132 cm³/mol. The van der Waals surface area contributed by atoms with Gasteiger partial charge in [0.05, 0.1) is 22.4 Å². The Hall–Kier alpha value is -3.93. The van der Waals surface area contributed by atoms with E-state index in [0.29, 0.717) is 5.75 Å². The quantitative estimate of drug-likeness (QED) is 0.160. The van der Waals surface area contributed by atoms with Gasteiger partial charge in [-0.25, -0.2) is 4.79 Å². The monoisotopic (exact) mass is 456 g/mol. The number of hydrogen-bond acceptors (Lipinski definition) is 6. The van der Waals surface area contributed by atoms with Crippen molar-refractivity contribution in [1.29, 1.82) is 0 Å². The molecule has 6 heteroatoms. The van der Waals surface area contributed by atoms with Gasteiger partial charge in [-0.2, -0.15) is 0 Å². The number of nitrogen functional groups attached to an aromatic ring is 2. The van der Waals surface area contributed by atoms with Crippen LogP contribution in [0, 0.1) is 0 Å². The molecule has 0 heterocycles. The summed E-state index contributed by atoms with van der Waals surface area (Å²) in [5, 5.41) is 0. The number of esters is 1. The Balaban J connectivity index is 1.53. The Morgan fingerprint density at radius 3 is 2.09 bits per heavy atom. The first-order valence-electron chi connectivity index (χ1n) is 11.6. The van der Waals surface area contributed by atoms with Crippen molar-refractivity contribution in [2.45, 2.75) is 45.4 Å². The number of benzene rings is 3. The van der Waals surface area contributed by atoms with E-state index in [2.05, 4.69) is 6.92 Å². The summed E-state index contributed by atoms with van der Waals surface area (Å²) in [6.45, 7) is 2.20. The molecule has 4 N–H and O–H groups in total. The van der Waals surface area contributed by atoms with Crippen molar-refractivity contribution in [3.8, 4) is 5.75 Å². The van der Waals surface area contributed by atoms with E-state index in [-0.39, 0.29) is 45.0 Å². The van der Waals surface area contributed by atoms with Crippen molar-refractivity contribution >= 4 is 28.9 Å². The molecule has 1 aliphatic carbocycles. The first-order chi connectivity index (χ1) is 16.4. The van der Waals surface area contributed by atoms with Crippen molar-refractivity contribution < 1.29 is 19.1 Å². The highest BCUT2D eigenvalue weighted by Gasteiger charge is 2.35. The van der Waals surface area contributed by atoms with Crippen LogP contribution in [0.1, 0.15) is 86.8 Å². The Morgan fingerprint density at radius 1 is 0.824 bits per heavy atom. The van der Waals surface area contributed by atoms with Gasteiger partial charge in [-0.15, -0.1) is 0 Å². The van der Waals surface area contributed by atoms with E-state index in [1.54, 1.807) is 36.4 Å². The Morgan fingerprint density at radius 2 is 1.44 bits per heavy atom. The first-order valence-corrected chi connectivity index (χ1v) is 11.6. The van der Waals surface area contributed by atoms with Gasteiger partial charge in [0.25, 0.3) is 0 Å². The fraction of sp³-hybridized carbons (Fsp3) is 0.250. The summed E-state index contributed by atoms with van der Waals surface area (Å²) in [6, 6.07) is 15.1. The third kappa shape index (κ3) is 4.44. The molecule has 0 unspecified atom stereocenters. The number of ether oxygens (including phenoxy) is 1. The Bertz CT molecular complexity index is 1260. The van der Waals surface area contributed by atoms with Gasteiger partial charge < -0.3 is 16.2 Å². The third-order valence-electron chi connectivity index (χ3n) is 6.19. The summed E-state index contributed by atoms with van der Waals surface area (Å²) in [6.07, 6.45) is 7.03. The molecule has 0 aliphatic heterocycles. The average molecular weight is 457 g/mol. The summed E-state index contributed by atoms with van der Waals surface area (Å²) < 4.78 is 5.50. The molecule has 0 spiro atoms. The Kier molecular flexibility index (Phi) is 6.77. The van der Waals surface area contributed by atoms with Crippen LogP contribution < -0.4 is 16.2 Å². The van der Waals surface area contributed by atoms with Gasteiger partial charge in [0.15, 0.2) is 11.6 Å². The smallest absolute Gasteiger partial charge is 0.345 e. The summed E-state index contributed by atoms with van der Waals surface area (Å²) in [5.41, 5.74) is 13.9. The first kappa shape index (κ1) is 23.2. The lowest BCUT2D eigenvalue weighted by molar-refractivity contribution is 0.0735. The number of aryl methyl sites for hydroxylation is 1. The van der Waals surface area contributed by atoms with E-state index >= 15 is 0 Å². The molecule has 6 nitrogen and oxygen atoms in total. The van der Waals surface area contributed by atoms with Crippen LogP contribution in [0.4, 0.5) is 11.4 Å². The number of anilines is 2. The van der Waals surface area contributed by atoms with Crippen molar-refractivity contribution in [3.63, 3.8) is 0 Å². The molecule has 34 heavy (non-hydrogen) atoms. The number of fused-ring (bicyclic) bond motifs is 2. The number of rotatable bonds is 8. The molecule has 3 aromatic carbocycles. The predicted octanol–water partition coefficient (Wildman–Crippen LogP) is 5.36. The molecule has 4 rings (SSSR count). The molecule has 0 radical (unpaired) electrons. The maximum Gasteiger partial charge on any atom is 0.345 e. The second kappa shape index (κ2) is 9.91. The molecule has 0 aromatic heterocycles. The van der Waals surface area contributed by atoms with Gasteiger partial charge in [-0.05, 0) is 36.6 Å². The minimum absolute atomic E-state index is 0.0161. The molecule has 0 saturated carbocycles. The van der Waals surface area contributed by atoms with Crippen LogP contribution in [0.3, 0.4) is 0 Å². The van der Waals surface area contributed by atoms with E-state index in [1.807, 2.05) is 12.1 Å². The maximum atomic E-state index is 13.1. The molecule has 0 fully saturated rings. The van der Waals surface area contributed by atoms with Crippen LogP contribution in [-0.4, -0.2) is 17.5 Å². The van der Waals surface area contributed by atoms with E-state index in [1.165, 1.54) is 37.3 Å². The summed E-state index contributed by atoms with van der Waals surface area (Å²) in [4.78, 5) is 39.0.